The SMILES string of the molecule is NC/C=C\[C@H](NC(=O)[C@@H]1CCCN1C(=O)[C@H](CS)NC(=O)[C@H](CC(N)=O)NC(=O)[C@H](CCC(N)=O)NC(=O)[C@H](Cc1ccccc1)NC(=O)[C@H](Cc1ccccc1)NC(=O)[C@H](CS)NC(=O)CNC(=O)CN)C(N)=O. The van der Waals surface area contributed by atoms with Gasteiger partial charge in [-0.05, 0) is 30.4 Å². The zero-order chi connectivity index (χ0) is 55.6. The Morgan fingerprint density at radius 2 is 1.09 bits per heavy atom. The van der Waals surface area contributed by atoms with Crippen LogP contribution in [-0.2, 0) is 70.4 Å². The van der Waals surface area contributed by atoms with E-state index in [9.17, 15) is 57.5 Å². The first-order chi connectivity index (χ1) is 35.7. The van der Waals surface area contributed by atoms with Crippen LogP contribution < -0.4 is 71.2 Å². The van der Waals surface area contributed by atoms with Crippen LogP contribution in [0.15, 0.2) is 72.8 Å². The van der Waals surface area contributed by atoms with E-state index >= 15 is 0 Å². The lowest BCUT2D eigenvalue weighted by Gasteiger charge is -2.30. The predicted molar refractivity (Wildman–Crippen MR) is 278 cm³/mol. The molecule has 18 N–H and O–H groups in total. The van der Waals surface area contributed by atoms with E-state index in [1.54, 1.807) is 60.7 Å². The van der Waals surface area contributed by atoms with E-state index in [4.69, 9.17) is 28.7 Å². The molecule has 0 bridgehead atoms. The Kier molecular flexibility index (Phi) is 26.3. The van der Waals surface area contributed by atoms with Crippen LogP contribution >= 0.6 is 25.3 Å². The molecule has 0 saturated carbocycles. The summed E-state index contributed by atoms with van der Waals surface area (Å²) in [4.78, 5) is 159. The number of carbonyl (C=O) groups excluding carboxylic acids is 12. The maximum Gasteiger partial charge on any atom is 0.246 e. The van der Waals surface area contributed by atoms with Crippen LogP contribution in [0.5, 0.6) is 0 Å². The number of hydrogen-bond donors (Lipinski definition) is 15. The van der Waals surface area contributed by atoms with Crippen molar-refractivity contribution in [3.63, 3.8) is 0 Å². The van der Waals surface area contributed by atoms with E-state index in [0.717, 1.165) is 0 Å². The van der Waals surface area contributed by atoms with Crippen molar-refractivity contribution in [2.75, 3.05) is 37.7 Å². The van der Waals surface area contributed by atoms with Crippen LogP contribution in [-0.4, -0.2) is 162 Å². The fraction of sp³-hybridized carbons (Fsp3) is 0.447. The van der Waals surface area contributed by atoms with Crippen LogP contribution in [0.2, 0.25) is 0 Å². The van der Waals surface area contributed by atoms with Crippen LogP contribution in [0, 0.1) is 0 Å². The van der Waals surface area contributed by atoms with Crippen molar-refractivity contribution in [2.45, 2.75) is 93.3 Å². The molecule has 3 rings (SSSR count). The number of likely N-dealkylation sites (tertiary alicyclic amines) is 1. The van der Waals surface area contributed by atoms with Gasteiger partial charge in [0.05, 0.1) is 19.5 Å². The minimum atomic E-state index is -1.79. The summed E-state index contributed by atoms with van der Waals surface area (Å²) in [6.45, 7) is -0.762. The average Bonchev–Trinajstić information content (AvgIpc) is 3.88. The summed E-state index contributed by atoms with van der Waals surface area (Å²) in [6.07, 6.45) is 1.18. The highest BCUT2D eigenvalue weighted by atomic mass is 32.1. The van der Waals surface area contributed by atoms with Crippen LogP contribution in [0.4, 0.5) is 0 Å². The number of thiol groups is 2. The number of nitrogens with zero attached hydrogens (tertiary/aromatic N) is 1. The van der Waals surface area contributed by atoms with Gasteiger partial charge in [0.15, 0.2) is 0 Å². The van der Waals surface area contributed by atoms with Gasteiger partial charge in [-0.3, -0.25) is 57.5 Å². The van der Waals surface area contributed by atoms with E-state index in [0.29, 0.717) is 17.5 Å². The van der Waals surface area contributed by atoms with Gasteiger partial charge in [0.1, 0.15) is 48.3 Å². The standard InChI is InChI=1S/C47H66N14O12S2/c48-17-7-13-28(40(52)66)55-46(72)35-14-8-18-61(35)47(73)34(25-75)60-44(70)32(21-37(51)63)59-41(67)29(15-16-36(50)62)56-42(68)30(19-26-9-3-1-4-10-26)57-43(69)31(20-27-11-5-2-6-12-27)58-45(71)33(24-74)54-39(65)23-53-38(64)22-49/h1-7,9-13,28-35,74-75H,8,14-25,48-49H2,(H2,50,62)(H2,51,63)(H2,52,66)(H,53,64)(H,54,65)(H,55,72)(H,56,68)(H,57,69)(H,58,71)(H,59,67)(H,60,70)/b13-7-/t28-,29-,30-,31-,32-,33-,34-,35-/m0/s1. The first-order valence-electron chi connectivity index (χ1n) is 23.6. The largest absolute Gasteiger partial charge is 0.370 e. The van der Waals surface area contributed by atoms with Gasteiger partial charge in [-0.25, -0.2) is 0 Å². The van der Waals surface area contributed by atoms with E-state index in [2.05, 4.69) is 67.8 Å². The number of amides is 12. The summed E-state index contributed by atoms with van der Waals surface area (Å²) in [5.74, 6) is -11.2. The van der Waals surface area contributed by atoms with Crippen LogP contribution in [0.1, 0.15) is 43.2 Å². The molecule has 26 nitrogen and oxygen atoms in total. The number of nitrogens with one attached hydrogen (secondary N) is 8. The maximum absolute atomic E-state index is 14.4. The lowest BCUT2D eigenvalue weighted by Crippen LogP contribution is -2.61. The molecule has 0 radical (unpaired) electrons. The molecular weight excluding hydrogens is 1020 g/mol. The zero-order valence-electron chi connectivity index (χ0n) is 40.9. The first-order valence-corrected chi connectivity index (χ1v) is 24.9. The minimum absolute atomic E-state index is 0.0540. The highest BCUT2D eigenvalue weighted by Crippen LogP contribution is 2.20. The fourth-order valence-corrected chi connectivity index (χ4v) is 8.01. The molecule has 1 aliphatic heterocycles. The molecule has 1 heterocycles. The normalized spacial score (nSPS) is 15.8. The monoisotopic (exact) mass is 1080 g/mol. The van der Waals surface area contributed by atoms with Gasteiger partial charge in [-0.1, -0.05) is 72.8 Å². The van der Waals surface area contributed by atoms with Gasteiger partial charge in [0.2, 0.25) is 70.9 Å². The second-order valence-electron chi connectivity index (χ2n) is 17.1. The molecule has 8 atom stereocenters. The average molecular weight is 1080 g/mol. The number of hydrogen-bond acceptors (Lipinski definition) is 16. The lowest BCUT2D eigenvalue weighted by molar-refractivity contribution is -0.142. The molecule has 408 valence electrons. The molecular formula is C47H66N14O12S2. The highest BCUT2D eigenvalue weighted by Gasteiger charge is 2.40. The Hall–Kier alpha value is -7.56. The van der Waals surface area contributed by atoms with Crippen LogP contribution in [0.3, 0.4) is 0 Å². The van der Waals surface area contributed by atoms with Gasteiger partial charge in [-0.15, -0.1) is 0 Å². The predicted octanol–water partition coefficient (Wildman–Crippen LogP) is -6.07. The number of carbonyl (C=O) groups is 12. The molecule has 12 amide bonds. The first kappa shape index (κ1) is 61.7. The van der Waals surface area contributed by atoms with E-state index in [-0.39, 0.29) is 50.4 Å². The van der Waals surface area contributed by atoms with Gasteiger partial charge in [0.25, 0.3) is 0 Å². The fourth-order valence-electron chi connectivity index (χ4n) is 7.50. The lowest BCUT2D eigenvalue weighted by atomic mass is 10.0. The molecule has 75 heavy (non-hydrogen) atoms. The number of rotatable bonds is 31. The van der Waals surface area contributed by atoms with Gasteiger partial charge >= 0.3 is 0 Å². The summed E-state index contributed by atoms with van der Waals surface area (Å²) in [5.41, 5.74) is 28.2. The number of primary amides is 3. The van der Waals surface area contributed by atoms with Gasteiger partial charge in [0, 0.05) is 43.9 Å². The molecule has 1 fully saturated rings. The smallest absolute Gasteiger partial charge is 0.246 e. The van der Waals surface area contributed by atoms with Crippen molar-refractivity contribution in [2.24, 2.45) is 28.7 Å². The molecule has 2 aromatic rings. The van der Waals surface area contributed by atoms with Gasteiger partial charge in [-0.2, -0.15) is 25.3 Å². The topological polar surface area (TPSA) is 434 Å². The Morgan fingerprint density at radius 3 is 1.59 bits per heavy atom. The zero-order valence-corrected chi connectivity index (χ0v) is 42.7. The van der Waals surface area contributed by atoms with Crippen LogP contribution in [0.25, 0.3) is 0 Å². The summed E-state index contributed by atoms with van der Waals surface area (Å²) in [5, 5.41) is 19.7. The van der Waals surface area contributed by atoms with Crippen molar-refractivity contribution in [1.29, 1.82) is 0 Å². The molecule has 1 aliphatic rings. The summed E-state index contributed by atoms with van der Waals surface area (Å²) < 4.78 is 0. The van der Waals surface area contributed by atoms with Crippen molar-refractivity contribution in [3.8, 4) is 0 Å². The van der Waals surface area contributed by atoms with Gasteiger partial charge < -0.3 is 76.1 Å². The van der Waals surface area contributed by atoms with Crippen molar-refractivity contribution >= 4 is 96.1 Å². The van der Waals surface area contributed by atoms with Crippen molar-refractivity contribution in [3.05, 3.63) is 83.9 Å². The molecule has 0 aromatic heterocycles. The summed E-state index contributed by atoms with van der Waals surface area (Å²) >= 11 is 8.40. The number of nitrogens with two attached hydrogens (primary N) is 5. The molecule has 0 aliphatic carbocycles. The Balaban J connectivity index is 1.89. The third-order valence-corrected chi connectivity index (χ3v) is 12.1. The Morgan fingerprint density at radius 1 is 0.600 bits per heavy atom. The third-order valence-electron chi connectivity index (χ3n) is 11.4. The second-order valence-corrected chi connectivity index (χ2v) is 17.8. The van der Waals surface area contributed by atoms with Crippen molar-refractivity contribution < 1.29 is 57.5 Å². The highest BCUT2D eigenvalue weighted by molar-refractivity contribution is 7.80. The Labute approximate surface area is 443 Å². The van der Waals surface area contributed by atoms with E-state index in [1.165, 1.54) is 17.1 Å². The second kappa shape index (κ2) is 31.9. The minimum Gasteiger partial charge on any atom is -0.370 e. The summed E-state index contributed by atoms with van der Waals surface area (Å²) in [6, 6.07) is 5.40. The van der Waals surface area contributed by atoms with Crippen molar-refractivity contribution in [1.82, 2.24) is 47.4 Å². The third kappa shape index (κ3) is 21.1. The quantitative estimate of drug-likeness (QED) is 0.0247. The van der Waals surface area contributed by atoms with E-state index < -0.39 is 145 Å². The maximum atomic E-state index is 14.4. The molecule has 1 saturated heterocycles. The molecule has 2 aromatic carbocycles. The molecule has 28 heteroatoms. The molecule has 0 spiro atoms. The van der Waals surface area contributed by atoms with E-state index in [1.807, 2.05) is 0 Å². The molecule has 0 unspecified atom stereocenters. The summed E-state index contributed by atoms with van der Waals surface area (Å²) in [7, 11) is 0. The Bertz CT molecular complexity index is 2390. The number of benzene rings is 2.